The molecule has 3 aromatic rings. The van der Waals surface area contributed by atoms with E-state index in [0.29, 0.717) is 22.9 Å². The van der Waals surface area contributed by atoms with E-state index in [2.05, 4.69) is 28.3 Å². The molecule has 41 heavy (non-hydrogen) atoms. The first kappa shape index (κ1) is 36.7. The van der Waals surface area contributed by atoms with E-state index in [1.807, 2.05) is 39.8 Å². The summed E-state index contributed by atoms with van der Waals surface area (Å²) < 4.78 is 49.3. The largest absolute Gasteiger partial charge is 0.483 e. The molecule has 0 aliphatic rings. The summed E-state index contributed by atoms with van der Waals surface area (Å²) in [5.41, 5.74) is -1.68. The van der Waals surface area contributed by atoms with Crippen LogP contribution in [0.1, 0.15) is 66.0 Å². The monoisotopic (exact) mass is 575 g/mol. The highest BCUT2D eigenvalue weighted by Crippen LogP contribution is 2.31. The van der Waals surface area contributed by atoms with Crippen molar-refractivity contribution >= 4 is 5.97 Å². The number of benzene rings is 2. The van der Waals surface area contributed by atoms with Gasteiger partial charge in [0.05, 0.1) is 5.56 Å². The van der Waals surface area contributed by atoms with Crippen molar-refractivity contribution in [3.05, 3.63) is 97.4 Å². The highest BCUT2D eigenvalue weighted by molar-refractivity contribution is 5.76. The third-order valence-corrected chi connectivity index (χ3v) is 4.77. The Hall–Kier alpha value is -4.34. The maximum atomic E-state index is 12.7. The van der Waals surface area contributed by atoms with E-state index < -0.39 is 29.4 Å². The van der Waals surface area contributed by atoms with Crippen LogP contribution in [0.4, 0.5) is 13.2 Å². The molecule has 2 aromatic carbocycles. The van der Waals surface area contributed by atoms with Crippen molar-refractivity contribution in [2.24, 2.45) is 0 Å². The Labute approximate surface area is 240 Å². The number of carboxylic acids is 1. The minimum absolute atomic E-state index is 0.249. The highest BCUT2D eigenvalue weighted by atomic mass is 19.4. The van der Waals surface area contributed by atoms with Gasteiger partial charge in [-0.3, -0.25) is 5.10 Å². The number of aliphatic carboxylic acids is 1. The summed E-state index contributed by atoms with van der Waals surface area (Å²) in [5.74, 6) is 0.411. The molecule has 1 heterocycles. The summed E-state index contributed by atoms with van der Waals surface area (Å²) in [6.07, 6.45) is 2.14. The quantitative estimate of drug-likeness (QED) is 0.247. The van der Waals surface area contributed by atoms with Crippen LogP contribution in [0.25, 0.3) is 11.4 Å². The Morgan fingerprint density at radius 3 is 1.85 bits per heavy atom. The van der Waals surface area contributed by atoms with Gasteiger partial charge in [0.15, 0.2) is 23.4 Å². The van der Waals surface area contributed by atoms with Gasteiger partial charge in [0, 0.05) is 5.56 Å². The number of aromatic amines is 1. The summed E-state index contributed by atoms with van der Waals surface area (Å²) in [5, 5.41) is 15.9. The Morgan fingerprint density at radius 1 is 0.927 bits per heavy atom. The third-order valence-electron chi connectivity index (χ3n) is 4.77. The second-order valence-corrected chi connectivity index (χ2v) is 8.12. The topological polar surface area (TPSA) is 97.3 Å². The summed E-state index contributed by atoms with van der Waals surface area (Å²) >= 11 is 0. The fraction of sp³-hybridized carbons (Fsp3) is 0.323. The predicted octanol–water partition coefficient (Wildman–Crippen LogP) is 8.84. The van der Waals surface area contributed by atoms with Gasteiger partial charge in [-0.1, -0.05) is 77.3 Å². The van der Waals surface area contributed by atoms with Gasteiger partial charge in [0.2, 0.25) is 0 Å². The molecule has 0 saturated carbocycles. The van der Waals surface area contributed by atoms with Crippen molar-refractivity contribution in [1.29, 1.82) is 0 Å². The lowest BCUT2D eigenvalue weighted by atomic mass is 10.1. The minimum atomic E-state index is -4.41. The van der Waals surface area contributed by atoms with Crippen LogP contribution in [0, 0.1) is 0 Å². The Bertz CT molecular complexity index is 1210. The summed E-state index contributed by atoms with van der Waals surface area (Å²) in [6.45, 7) is 19.5. The van der Waals surface area contributed by atoms with E-state index >= 15 is 0 Å². The van der Waals surface area contributed by atoms with E-state index in [-0.39, 0.29) is 5.82 Å². The first-order valence-corrected chi connectivity index (χ1v) is 13.1. The van der Waals surface area contributed by atoms with E-state index in [1.165, 1.54) is 26.0 Å². The average molecular weight is 576 g/mol. The maximum absolute atomic E-state index is 12.7. The normalized spacial score (nSPS) is 11.4. The number of carboxylic acid groups (broad SMARTS) is 1. The van der Waals surface area contributed by atoms with Crippen LogP contribution in [0.5, 0.6) is 11.5 Å². The number of alkyl halides is 3. The lowest BCUT2D eigenvalue weighted by Gasteiger charge is -2.21. The summed E-state index contributed by atoms with van der Waals surface area (Å²) in [7, 11) is 0. The molecule has 10 heteroatoms. The number of nitrogens with zero attached hydrogens (tertiary/aromatic N) is 2. The van der Waals surface area contributed by atoms with Gasteiger partial charge in [-0.05, 0) is 57.2 Å². The molecule has 3 rings (SSSR count). The molecule has 7 nitrogen and oxygen atoms in total. The lowest BCUT2D eigenvalue weighted by molar-refractivity contribution is -0.152. The number of hydrogen-bond acceptors (Lipinski definition) is 5. The SMILES string of the molecule is C=C/C=C\C=C.CC.CC.CC(Oc1ccc(OC(C)(C)C(=O)O)cc1)c1nc(-c2ccc(C(F)(F)F)cc2)n[nH]1. The number of aromatic nitrogens is 3. The molecule has 0 aliphatic carbocycles. The molecule has 0 spiro atoms. The molecular weight excluding hydrogens is 535 g/mol. The molecular formula is C31H40F3N3O4. The van der Waals surface area contributed by atoms with E-state index in [1.54, 1.807) is 43.3 Å². The molecule has 1 atom stereocenters. The number of H-pyrrole nitrogens is 1. The van der Waals surface area contributed by atoms with Gasteiger partial charge in [0.1, 0.15) is 11.5 Å². The van der Waals surface area contributed by atoms with Crippen LogP contribution in [-0.2, 0) is 11.0 Å². The van der Waals surface area contributed by atoms with Crippen LogP contribution in [0.15, 0.2) is 86.0 Å². The van der Waals surface area contributed by atoms with Gasteiger partial charge < -0.3 is 14.6 Å². The second kappa shape index (κ2) is 18.1. The number of hydrogen-bond donors (Lipinski definition) is 2. The van der Waals surface area contributed by atoms with Crippen LogP contribution >= 0.6 is 0 Å². The van der Waals surface area contributed by atoms with Crippen molar-refractivity contribution in [3.63, 3.8) is 0 Å². The number of allylic oxidation sites excluding steroid dienone is 4. The molecule has 2 N–H and O–H groups in total. The maximum Gasteiger partial charge on any atom is 0.416 e. The van der Waals surface area contributed by atoms with Crippen molar-refractivity contribution in [1.82, 2.24) is 15.2 Å². The fourth-order valence-electron chi connectivity index (χ4n) is 2.74. The lowest BCUT2D eigenvalue weighted by Crippen LogP contribution is -2.37. The number of halogens is 3. The molecule has 224 valence electrons. The predicted molar refractivity (Wildman–Crippen MR) is 157 cm³/mol. The van der Waals surface area contributed by atoms with Crippen LogP contribution in [-0.4, -0.2) is 31.9 Å². The van der Waals surface area contributed by atoms with Crippen LogP contribution in [0.2, 0.25) is 0 Å². The molecule has 0 radical (unpaired) electrons. The zero-order chi connectivity index (χ0) is 31.6. The van der Waals surface area contributed by atoms with E-state index in [4.69, 9.17) is 14.6 Å². The molecule has 0 fully saturated rings. The zero-order valence-corrected chi connectivity index (χ0v) is 24.6. The molecule has 0 amide bonds. The molecule has 1 unspecified atom stereocenters. The minimum Gasteiger partial charge on any atom is -0.483 e. The first-order chi connectivity index (χ1) is 19.4. The standard InChI is InChI=1S/C21H20F3N3O4.C6H8.2C2H6/c1-12(30-15-8-10-16(11-9-15)31-20(2,3)19(28)29)17-25-18(27-26-17)13-4-6-14(7-5-13)21(22,23)24;1-3-5-6-4-2;2*1-2/h4-12H,1-3H3,(H,28,29)(H,25,26,27);3-6H,1-2H2;2*1-2H3/b;6-5-;;. The van der Waals surface area contributed by atoms with Gasteiger partial charge in [-0.15, -0.1) is 0 Å². The smallest absolute Gasteiger partial charge is 0.416 e. The fourth-order valence-corrected chi connectivity index (χ4v) is 2.74. The van der Waals surface area contributed by atoms with Crippen LogP contribution < -0.4 is 9.47 Å². The Morgan fingerprint density at radius 2 is 1.41 bits per heavy atom. The first-order valence-electron chi connectivity index (χ1n) is 13.1. The number of rotatable bonds is 9. The highest BCUT2D eigenvalue weighted by Gasteiger charge is 2.30. The van der Waals surface area contributed by atoms with E-state index in [9.17, 15) is 18.0 Å². The number of ether oxygens (including phenoxy) is 2. The summed E-state index contributed by atoms with van der Waals surface area (Å²) in [4.78, 5) is 15.4. The zero-order valence-electron chi connectivity index (χ0n) is 24.6. The van der Waals surface area contributed by atoms with Crippen molar-refractivity contribution in [2.75, 3.05) is 0 Å². The van der Waals surface area contributed by atoms with Crippen molar-refractivity contribution in [2.45, 2.75) is 66.3 Å². The van der Waals surface area contributed by atoms with Gasteiger partial charge in [-0.25, -0.2) is 9.78 Å². The molecule has 1 aromatic heterocycles. The average Bonchev–Trinajstić information content (AvgIpc) is 3.46. The van der Waals surface area contributed by atoms with Gasteiger partial charge in [-0.2, -0.15) is 18.3 Å². The van der Waals surface area contributed by atoms with Gasteiger partial charge in [0.25, 0.3) is 0 Å². The Kier molecular flexibility index (Phi) is 16.2. The molecule has 0 saturated heterocycles. The van der Waals surface area contributed by atoms with Crippen molar-refractivity contribution in [3.8, 4) is 22.9 Å². The Balaban J connectivity index is 0.00000140. The molecule has 0 aliphatic heterocycles. The summed E-state index contributed by atoms with van der Waals surface area (Å²) in [6, 6.07) is 11.0. The number of carbonyl (C=O) groups is 1. The van der Waals surface area contributed by atoms with Crippen LogP contribution in [0.3, 0.4) is 0 Å². The van der Waals surface area contributed by atoms with E-state index in [0.717, 1.165) is 12.1 Å². The third kappa shape index (κ3) is 12.6. The molecule has 0 bridgehead atoms. The second-order valence-electron chi connectivity index (χ2n) is 8.12. The van der Waals surface area contributed by atoms with Gasteiger partial charge >= 0.3 is 12.1 Å². The van der Waals surface area contributed by atoms with Crippen molar-refractivity contribution < 1.29 is 32.5 Å². The number of nitrogens with one attached hydrogen (secondary N) is 1.